The molecule has 1 unspecified atom stereocenters. The zero-order valence-corrected chi connectivity index (χ0v) is 10.9. The van der Waals surface area contributed by atoms with Crippen LogP contribution in [0.15, 0.2) is 18.2 Å². The Labute approximate surface area is 112 Å². The lowest BCUT2D eigenvalue weighted by Crippen LogP contribution is -2.16. The highest BCUT2D eigenvalue weighted by atomic mass is 16.6. The molecule has 0 radical (unpaired) electrons. The molecule has 19 heavy (non-hydrogen) atoms. The Hall–Kier alpha value is -1.75. The summed E-state index contributed by atoms with van der Waals surface area (Å²) in [5.74, 6) is 0.453. The number of carboxylic acid groups (broad SMARTS) is 1. The van der Waals surface area contributed by atoms with E-state index in [0.29, 0.717) is 31.1 Å². The number of para-hydroxylation sites is 1. The van der Waals surface area contributed by atoms with Crippen molar-refractivity contribution in [3.8, 4) is 11.5 Å². The maximum atomic E-state index is 10.6. The Balaban J connectivity index is 2.12. The van der Waals surface area contributed by atoms with E-state index in [0.717, 1.165) is 12.0 Å². The Bertz CT molecular complexity index is 437. The zero-order chi connectivity index (χ0) is 13.7. The van der Waals surface area contributed by atoms with Crippen LogP contribution < -0.4 is 9.47 Å². The van der Waals surface area contributed by atoms with Crippen LogP contribution in [0.4, 0.5) is 0 Å². The van der Waals surface area contributed by atoms with E-state index in [1.807, 2.05) is 18.2 Å². The summed E-state index contributed by atoms with van der Waals surface area (Å²) < 4.78 is 16.5. The van der Waals surface area contributed by atoms with Crippen LogP contribution in [0.1, 0.15) is 18.4 Å². The van der Waals surface area contributed by atoms with Gasteiger partial charge in [-0.2, -0.15) is 0 Å². The van der Waals surface area contributed by atoms with Crippen LogP contribution in [0, 0.1) is 0 Å². The third-order valence-electron chi connectivity index (χ3n) is 3.05. The first kappa shape index (κ1) is 13.7. The van der Waals surface area contributed by atoms with E-state index in [4.69, 9.17) is 19.3 Å². The highest BCUT2D eigenvalue weighted by molar-refractivity contribution is 5.67. The summed E-state index contributed by atoms with van der Waals surface area (Å²) in [4.78, 5) is 10.6. The number of rotatable bonds is 6. The molecule has 1 aromatic carbocycles. The maximum absolute atomic E-state index is 10.6. The molecule has 0 saturated carbocycles. The molecule has 1 aliphatic rings. The first-order valence-corrected chi connectivity index (χ1v) is 6.32. The molecule has 5 heteroatoms. The number of aryl methyl sites for hydroxylation is 1. The van der Waals surface area contributed by atoms with Crippen molar-refractivity contribution in [2.75, 3.05) is 20.3 Å². The van der Waals surface area contributed by atoms with E-state index in [2.05, 4.69) is 0 Å². The van der Waals surface area contributed by atoms with E-state index >= 15 is 0 Å². The topological polar surface area (TPSA) is 65.0 Å². The van der Waals surface area contributed by atoms with Gasteiger partial charge in [0.2, 0.25) is 0 Å². The highest BCUT2D eigenvalue weighted by Gasteiger charge is 2.20. The van der Waals surface area contributed by atoms with Gasteiger partial charge in [-0.1, -0.05) is 12.1 Å². The monoisotopic (exact) mass is 266 g/mol. The standard InChI is InChI=1S/C14H18O5/c1-17-14-10(5-6-13(15)16)3-2-4-12(14)19-11-7-8-18-9-11/h2-4,11H,5-9H2,1H3,(H,15,16). The lowest BCUT2D eigenvalue weighted by Gasteiger charge is -2.17. The molecule has 104 valence electrons. The fraction of sp³-hybridized carbons (Fsp3) is 0.500. The Morgan fingerprint density at radius 3 is 3.00 bits per heavy atom. The molecule has 5 nitrogen and oxygen atoms in total. The minimum Gasteiger partial charge on any atom is -0.493 e. The van der Waals surface area contributed by atoms with Gasteiger partial charge >= 0.3 is 5.97 Å². The van der Waals surface area contributed by atoms with Crippen molar-refractivity contribution in [2.45, 2.75) is 25.4 Å². The second kappa shape index (κ2) is 6.43. The number of aliphatic carboxylic acids is 1. The van der Waals surface area contributed by atoms with Gasteiger partial charge in [0, 0.05) is 12.8 Å². The maximum Gasteiger partial charge on any atom is 0.303 e. The molecule has 0 aliphatic carbocycles. The number of hydrogen-bond donors (Lipinski definition) is 1. The molecule has 0 bridgehead atoms. The van der Waals surface area contributed by atoms with Crippen LogP contribution in [0.2, 0.25) is 0 Å². The fourth-order valence-corrected chi connectivity index (χ4v) is 2.11. The van der Waals surface area contributed by atoms with Crippen LogP contribution >= 0.6 is 0 Å². The number of methoxy groups -OCH3 is 1. The van der Waals surface area contributed by atoms with Crippen molar-refractivity contribution in [1.82, 2.24) is 0 Å². The lowest BCUT2D eigenvalue weighted by molar-refractivity contribution is -0.136. The Kier molecular flexibility index (Phi) is 4.63. The van der Waals surface area contributed by atoms with Gasteiger partial charge in [0.15, 0.2) is 11.5 Å². The number of carbonyl (C=O) groups is 1. The second-order valence-corrected chi connectivity index (χ2v) is 4.45. The molecular weight excluding hydrogens is 248 g/mol. The van der Waals surface area contributed by atoms with E-state index in [1.54, 1.807) is 7.11 Å². The molecule has 1 heterocycles. The minimum absolute atomic E-state index is 0.0450. The van der Waals surface area contributed by atoms with E-state index in [9.17, 15) is 4.79 Å². The van der Waals surface area contributed by atoms with Crippen LogP contribution in [0.25, 0.3) is 0 Å². The second-order valence-electron chi connectivity index (χ2n) is 4.45. The third-order valence-corrected chi connectivity index (χ3v) is 3.05. The van der Waals surface area contributed by atoms with Crippen LogP contribution in [0.5, 0.6) is 11.5 Å². The van der Waals surface area contributed by atoms with Crippen molar-refractivity contribution in [3.63, 3.8) is 0 Å². The molecule has 1 aromatic rings. The first-order chi connectivity index (χ1) is 9.20. The van der Waals surface area contributed by atoms with E-state index in [-0.39, 0.29) is 12.5 Å². The lowest BCUT2D eigenvalue weighted by atomic mass is 10.1. The summed E-state index contributed by atoms with van der Waals surface area (Å²) in [6, 6.07) is 5.55. The SMILES string of the molecule is COc1c(CCC(=O)O)cccc1OC1CCOC1. The number of benzene rings is 1. The van der Waals surface area contributed by atoms with Crippen molar-refractivity contribution in [1.29, 1.82) is 0 Å². The van der Waals surface area contributed by atoms with Crippen LogP contribution in [0.3, 0.4) is 0 Å². The van der Waals surface area contributed by atoms with Gasteiger partial charge in [0.25, 0.3) is 0 Å². The average molecular weight is 266 g/mol. The molecule has 1 atom stereocenters. The van der Waals surface area contributed by atoms with Crippen molar-refractivity contribution in [2.24, 2.45) is 0 Å². The van der Waals surface area contributed by atoms with Gasteiger partial charge in [0.05, 0.1) is 20.3 Å². The Morgan fingerprint density at radius 1 is 1.53 bits per heavy atom. The normalized spacial score (nSPS) is 18.3. The summed E-state index contributed by atoms with van der Waals surface area (Å²) >= 11 is 0. The van der Waals surface area contributed by atoms with Gasteiger partial charge in [-0.15, -0.1) is 0 Å². The predicted molar refractivity (Wildman–Crippen MR) is 68.8 cm³/mol. The molecule has 1 N–H and O–H groups in total. The molecule has 0 spiro atoms. The van der Waals surface area contributed by atoms with Gasteiger partial charge in [-0.3, -0.25) is 4.79 Å². The molecule has 1 aliphatic heterocycles. The number of ether oxygens (including phenoxy) is 3. The zero-order valence-electron chi connectivity index (χ0n) is 10.9. The van der Waals surface area contributed by atoms with Crippen molar-refractivity contribution < 1.29 is 24.1 Å². The summed E-state index contributed by atoms with van der Waals surface area (Å²) in [7, 11) is 1.57. The van der Waals surface area contributed by atoms with Gasteiger partial charge < -0.3 is 19.3 Å². The minimum atomic E-state index is -0.822. The highest BCUT2D eigenvalue weighted by Crippen LogP contribution is 2.33. The van der Waals surface area contributed by atoms with Crippen molar-refractivity contribution >= 4 is 5.97 Å². The van der Waals surface area contributed by atoms with Crippen LogP contribution in [-0.4, -0.2) is 37.5 Å². The Morgan fingerprint density at radius 2 is 2.37 bits per heavy atom. The summed E-state index contributed by atoms with van der Waals surface area (Å²) in [6.07, 6.45) is 1.41. The smallest absolute Gasteiger partial charge is 0.303 e. The van der Waals surface area contributed by atoms with Crippen molar-refractivity contribution in [3.05, 3.63) is 23.8 Å². The van der Waals surface area contributed by atoms with Gasteiger partial charge in [-0.25, -0.2) is 0 Å². The number of carboxylic acids is 1. The molecule has 2 rings (SSSR count). The predicted octanol–water partition coefficient (Wildman–Crippen LogP) is 1.88. The molecule has 0 aromatic heterocycles. The molecule has 1 fully saturated rings. The largest absolute Gasteiger partial charge is 0.493 e. The van der Waals surface area contributed by atoms with Gasteiger partial charge in [-0.05, 0) is 18.1 Å². The summed E-state index contributed by atoms with van der Waals surface area (Å²) in [5.41, 5.74) is 0.848. The average Bonchev–Trinajstić information content (AvgIpc) is 2.89. The third kappa shape index (κ3) is 3.61. The molecular formula is C14H18O5. The fourth-order valence-electron chi connectivity index (χ4n) is 2.11. The molecule has 1 saturated heterocycles. The molecule has 0 amide bonds. The summed E-state index contributed by atoms with van der Waals surface area (Å²) in [5, 5.41) is 8.75. The first-order valence-electron chi connectivity index (χ1n) is 6.32. The quantitative estimate of drug-likeness (QED) is 0.851. The number of hydrogen-bond acceptors (Lipinski definition) is 4. The van der Waals surface area contributed by atoms with E-state index in [1.165, 1.54) is 0 Å². The van der Waals surface area contributed by atoms with Crippen LogP contribution in [-0.2, 0) is 16.0 Å². The summed E-state index contributed by atoms with van der Waals surface area (Å²) in [6.45, 7) is 1.30. The van der Waals surface area contributed by atoms with Gasteiger partial charge in [0.1, 0.15) is 6.10 Å². The van der Waals surface area contributed by atoms with E-state index < -0.39 is 5.97 Å².